The van der Waals surface area contributed by atoms with Gasteiger partial charge in [-0.2, -0.15) is 0 Å². The van der Waals surface area contributed by atoms with Gasteiger partial charge in [-0.05, 0) is 6.42 Å². The second-order valence-corrected chi connectivity index (χ2v) is 3.49. The van der Waals surface area contributed by atoms with Gasteiger partial charge in [0.05, 0.1) is 13.1 Å². The monoisotopic (exact) mass is 204 g/mol. The van der Waals surface area contributed by atoms with Crippen LogP contribution in [0.15, 0.2) is 0 Å². The molecule has 2 amide bonds. The molecule has 4 nitrogen and oxygen atoms in total. The van der Waals surface area contributed by atoms with Crippen LogP contribution in [0.1, 0.15) is 6.42 Å². The minimum Gasteiger partial charge on any atom is -0.335 e. The van der Waals surface area contributed by atoms with Gasteiger partial charge in [0.1, 0.15) is 0 Å². The fourth-order valence-corrected chi connectivity index (χ4v) is 1.34. The molecule has 0 atom stereocenters. The lowest BCUT2D eigenvalue weighted by Crippen LogP contribution is -2.52. The van der Waals surface area contributed by atoms with Crippen LogP contribution in [-0.4, -0.2) is 54.2 Å². The number of amides is 2. The molecule has 1 heterocycles. The van der Waals surface area contributed by atoms with E-state index in [2.05, 4.69) is 0 Å². The topological polar surface area (TPSA) is 40.6 Å². The Morgan fingerprint density at radius 2 is 2.00 bits per heavy atom. The van der Waals surface area contributed by atoms with Crippen molar-refractivity contribution in [2.24, 2.45) is 0 Å². The fraction of sp³-hybridized carbons (Fsp3) is 0.750. The van der Waals surface area contributed by atoms with E-state index < -0.39 is 0 Å². The third kappa shape index (κ3) is 2.59. The maximum absolute atomic E-state index is 11.3. The molecule has 0 aromatic carbocycles. The predicted molar refractivity (Wildman–Crippen MR) is 49.6 cm³/mol. The summed E-state index contributed by atoms with van der Waals surface area (Å²) in [5, 5.41) is 0. The van der Waals surface area contributed by atoms with Gasteiger partial charge in [0, 0.05) is 19.5 Å². The van der Waals surface area contributed by atoms with Crippen molar-refractivity contribution in [3.8, 4) is 0 Å². The van der Waals surface area contributed by atoms with Crippen molar-refractivity contribution in [2.45, 2.75) is 6.42 Å². The van der Waals surface area contributed by atoms with Crippen LogP contribution < -0.4 is 0 Å². The number of halogens is 1. The Bertz CT molecular complexity index is 220. The first-order valence-electron chi connectivity index (χ1n) is 4.23. The Labute approximate surface area is 82.4 Å². The van der Waals surface area contributed by atoms with Crippen LogP contribution in [0, 0.1) is 0 Å². The van der Waals surface area contributed by atoms with Crippen LogP contribution in [0.2, 0.25) is 0 Å². The fourth-order valence-electron chi connectivity index (χ4n) is 1.22. The number of hydrogen-bond acceptors (Lipinski definition) is 2. The summed E-state index contributed by atoms with van der Waals surface area (Å²) in [6.45, 7) is 0.981. The number of rotatable bonds is 3. The molecule has 1 saturated heterocycles. The zero-order valence-electron chi connectivity index (χ0n) is 7.62. The lowest BCUT2D eigenvalue weighted by atomic mass is 10.3. The van der Waals surface area contributed by atoms with Crippen molar-refractivity contribution in [2.75, 3.05) is 32.6 Å². The predicted octanol–water partition coefficient (Wildman–Crippen LogP) is -0.0841. The molecule has 5 heteroatoms. The quantitative estimate of drug-likeness (QED) is 0.604. The first kappa shape index (κ1) is 10.3. The highest BCUT2D eigenvalue weighted by Gasteiger charge is 2.26. The molecule has 1 rings (SSSR count). The Balaban J connectivity index is 2.46. The first-order chi connectivity index (χ1) is 6.15. The van der Waals surface area contributed by atoms with Crippen LogP contribution in [0.25, 0.3) is 0 Å². The van der Waals surface area contributed by atoms with Crippen molar-refractivity contribution in [3.63, 3.8) is 0 Å². The summed E-state index contributed by atoms with van der Waals surface area (Å²) in [4.78, 5) is 25.6. The average Bonchev–Trinajstić information content (AvgIpc) is 2.09. The second kappa shape index (κ2) is 4.46. The highest BCUT2D eigenvalue weighted by Crippen LogP contribution is 2.03. The number of hydrogen-bond donors (Lipinski definition) is 0. The van der Waals surface area contributed by atoms with Crippen molar-refractivity contribution in [3.05, 3.63) is 0 Å². The first-order valence-corrected chi connectivity index (χ1v) is 4.76. The van der Waals surface area contributed by atoms with E-state index in [-0.39, 0.29) is 24.9 Å². The summed E-state index contributed by atoms with van der Waals surface area (Å²) in [6.07, 6.45) is 0.740. The lowest BCUT2D eigenvalue weighted by Gasteiger charge is -2.31. The minimum atomic E-state index is -0.00540. The van der Waals surface area contributed by atoms with Gasteiger partial charge in [0.2, 0.25) is 11.8 Å². The van der Waals surface area contributed by atoms with E-state index in [0.717, 1.165) is 6.42 Å². The molecule has 0 aromatic rings. The van der Waals surface area contributed by atoms with Crippen LogP contribution in [0.5, 0.6) is 0 Å². The summed E-state index contributed by atoms with van der Waals surface area (Å²) < 4.78 is 0. The van der Waals surface area contributed by atoms with E-state index in [9.17, 15) is 9.59 Å². The van der Waals surface area contributed by atoms with Crippen LogP contribution in [0.3, 0.4) is 0 Å². The molecule has 0 radical (unpaired) electrons. The Hall–Kier alpha value is -0.770. The number of likely N-dealkylation sites (N-methyl/N-ethyl adjacent to an activating group) is 1. The molecule has 13 heavy (non-hydrogen) atoms. The summed E-state index contributed by atoms with van der Waals surface area (Å²) in [7, 11) is 1.64. The summed E-state index contributed by atoms with van der Waals surface area (Å²) in [5.41, 5.74) is 0. The highest BCUT2D eigenvalue weighted by molar-refractivity contribution is 6.17. The van der Waals surface area contributed by atoms with Gasteiger partial charge in [-0.25, -0.2) is 0 Å². The van der Waals surface area contributed by atoms with Gasteiger partial charge in [-0.15, -0.1) is 11.6 Å². The normalized spacial score (nSPS) is 18.3. The standard InChI is InChI=1S/C8H13ClN2O2/c1-10-5-8(13)11(4-2-3-9)6-7(10)12/h2-6H2,1H3. The van der Waals surface area contributed by atoms with Crippen LogP contribution in [0.4, 0.5) is 0 Å². The molecular formula is C8H13ClN2O2. The number of carbonyl (C=O) groups is 2. The third-order valence-electron chi connectivity index (χ3n) is 2.04. The minimum absolute atomic E-state index is 0.00540. The van der Waals surface area contributed by atoms with E-state index in [1.165, 1.54) is 4.90 Å². The zero-order valence-corrected chi connectivity index (χ0v) is 8.38. The molecule has 0 bridgehead atoms. The van der Waals surface area contributed by atoms with Gasteiger partial charge in [0.15, 0.2) is 0 Å². The Morgan fingerprint density at radius 3 is 2.62 bits per heavy atom. The molecule has 1 fully saturated rings. The van der Waals surface area contributed by atoms with E-state index >= 15 is 0 Å². The Morgan fingerprint density at radius 1 is 1.31 bits per heavy atom. The molecule has 0 aliphatic carbocycles. The summed E-state index contributed by atoms with van der Waals surface area (Å²) in [5.74, 6) is 0.523. The maximum atomic E-state index is 11.3. The zero-order chi connectivity index (χ0) is 9.84. The molecule has 1 aliphatic heterocycles. The molecule has 1 aliphatic rings. The smallest absolute Gasteiger partial charge is 0.242 e. The number of alkyl halides is 1. The molecular weight excluding hydrogens is 192 g/mol. The number of carbonyl (C=O) groups excluding carboxylic acids is 2. The third-order valence-corrected chi connectivity index (χ3v) is 2.31. The molecule has 0 spiro atoms. The molecule has 0 saturated carbocycles. The lowest BCUT2D eigenvalue weighted by molar-refractivity contribution is -0.148. The maximum Gasteiger partial charge on any atom is 0.242 e. The largest absolute Gasteiger partial charge is 0.335 e. The van der Waals surface area contributed by atoms with E-state index in [1.54, 1.807) is 11.9 Å². The molecule has 0 aromatic heterocycles. The molecule has 0 N–H and O–H groups in total. The van der Waals surface area contributed by atoms with E-state index in [0.29, 0.717) is 12.4 Å². The SMILES string of the molecule is CN1CC(=O)N(CCCCl)CC1=O. The van der Waals surface area contributed by atoms with Gasteiger partial charge >= 0.3 is 0 Å². The van der Waals surface area contributed by atoms with Gasteiger partial charge in [-0.1, -0.05) is 0 Å². The van der Waals surface area contributed by atoms with E-state index in [1.807, 2.05) is 0 Å². The second-order valence-electron chi connectivity index (χ2n) is 3.11. The van der Waals surface area contributed by atoms with Gasteiger partial charge in [-0.3, -0.25) is 9.59 Å². The van der Waals surface area contributed by atoms with Crippen molar-refractivity contribution in [1.82, 2.24) is 9.80 Å². The van der Waals surface area contributed by atoms with Gasteiger partial charge in [0.25, 0.3) is 0 Å². The molecule has 74 valence electrons. The van der Waals surface area contributed by atoms with Crippen molar-refractivity contribution in [1.29, 1.82) is 0 Å². The van der Waals surface area contributed by atoms with Crippen molar-refractivity contribution < 1.29 is 9.59 Å². The molecule has 0 unspecified atom stereocenters. The van der Waals surface area contributed by atoms with E-state index in [4.69, 9.17) is 11.6 Å². The summed E-state index contributed by atoms with van der Waals surface area (Å²) >= 11 is 5.50. The number of nitrogens with zero attached hydrogens (tertiary/aromatic N) is 2. The highest BCUT2D eigenvalue weighted by atomic mass is 35.5. The van der Waals surface area contributed by atoms with Gasteiger partial charge < -0.3 is 9.80 Å². The Kier molecular flexibility index (Phi) is 3.54. The van der Waals surface area contributed by atoms with Crippen LogP contribution >= 0.6 is 11.6 Å². The number of piperazine rings is 1. The van der Waals surface area contributed by atoms with Crippen LogP contribution in [-0.2, 0) is 9.59 Å². The van der Waals surface area contributed by atoms with Crippen molar-refractivity contribution >= 4 is 23.4 Å². The average molecular weight is 205 g/mol. The summed E-state index contributed by atoms with van der Waals surface area (Å²) in [6, 6.07) is 0.